The molecule has 0 bridgehead atoms. The largest absolute Gasteiger partial charge is 0.344 e. The van der Waals surface area contributed by atoms with Crippen LogP contribution in [0.3, 0.4) is 0 Å². The molecule has 2 aromatic heterocycles. The number of fused-ring (bicyclic) bond motifs is 1. The molecule has 2 aromatic carbocycles. The number of amides is 1. The van der Waals surface area contributed by atoms with Gasteiger partial charge in [0.25, 0.3) is 17.4 Å². The van der Waals surface area contributed by atoms with Crippen molar-refractivity contribution in [3.05, 3.63) is 87.9 Å². The zero-order valence-electron chi connectivity index (χ0n) is 17.0. The minimum atomic E-state index is -0.472. The number of nitro groups is 1. The number of carbonyl (C=O) groups is 1. The highest BCUT2D eigenvalue weighted by atomic mass is 16.6. The predicted octanol–water partition coefficient (Wildman–Crippen LogP) is 3.89. The monoisotopic (exact) mass is 416 g/mol. The lowest BCUT2D eigenvalue weighted by Gasteiger charge is -2.18. The Morgan fingerprint density at radius 3 is 2.68 bits per heavy atom. The molecule has 9 heteroatoms. The third-order valence-electron chi connectivity index (χ3n) is 5.03. The maximum Gasteiger partial charge on any atom is 0.270 e. The van der Waals surface area contributed by atoms with E-state index in [1.54, 1.807) is 18.2 Å². The van der Waals surface area contributed by atoms with Gasteiger partial charge in [0.1, 0.15) is 12.0 Å². The van der Waals surface area contributed by atoms with Gasteiger partial charge in [0.15, 0.2) is 0 Å². The molecule has 0 aliphatic carbocycles. The number of hydrogen-bond acceptors (Lipinski definition) is 6. The van der Waals surface area contributed by atoms with E-state index in [2.05, 4.69) is 20.4 Å². The highest BCUT2D eigenvalue weighted by Gasteiger charge is 2.20. The molecule has 4 rings (SSSR count). The molecule has 0 aliphatic heterocycles. The van der Waals surface area contributed by atoms with Crippen LogP contribution in [-0.4, -0.2) is 30.4 Å². The summed E-state index contributed by atoms with van der Waals surface area (Å²) in [4.78, 5) is 32.4. The van der Waals surface area contributed by atoms with Crippen LogP contribution in [0, 0.1) is 17.0 Å². The minimum absolute atomic E-state index is 0.0583. The first-order valence-corrected chi connectivity index (χ1v) is 9.79. The van der Waals surface area contributed by atoms with E-state index in [4.69, 9.17) is 0 Å². The maximum atomic E-state index is 13.2. The van der Waals surface area contributed by atoms with Gasteiger partial charge in [-0.25, -0.2) is 4.98 Å². The lowest BCUT2D eigenvalue weighted by Crippen LogP contribution is -2.30. The third kappa shape index (κ3) is 4.11. The lowest BCUT2D eigenvalue weighted by atomic mass is 10.0. The molecule has 0 saturated carbocycles. The molecule has 0 radical (unpaired) electrons. The molecule has 1 unspecified atom stereocenters. The van der Waals surface area contributed by atoms with Crippen molar-refractivity contribution in [3.63, 3.8) is 0 Å². The van der Waals surface area contributed by atoms with E-state index in [0.717, 1.165) is 11.1 Å². The normalized spacial score (nSPS) is 11.9. The topological polar surface area (TPSA) is 115 Å². The first-order chi connectivity index (χ1) is 15.0. The fourth-order valence-electron chi connectivity index (χ4n) is 3.35. The summed E-state index contributed by atoms with van der Waals surface area (Å²) in [5.41, 5.74) is 3.25. The smallest absolute Gasteiger partial charge is 0.270 e. The minimum Gasteiger partial charge on any atom is -0.344 e. The first kappa shape index (κ1) is 20.1. The second-order valence-corrected chi connectivity index (χ2v) is 7.15. The van der Waals surface area contributed by atoms with E-state index < -0.39 is 4.92 Å². The summed E-state index contributed by atoms with van der Waals surface area (Å²) in [7, 11) is 0. The van der Waals surface area contributed by atoms with Crippen LogP contribution < -0.4 is 5.32 Å². The van der Waals surface area contributed by atoms with Gasteiger partial charge in [-0.2, -0.15) is 14.6 Å². The van der Waals surface area contributed by atoms with Crippen LogP contribution in [0.1, 0.15) is 41.0 Å². The highest BCUT2D eigenvalue weighted by Crippen LogP contribution is 2.24. The number of benzene rings is 2. The maximum absolute atomic E-state index is 13.2. The van der Waals surface area contributed by atoms with Gasteiger partial charge in [0.2, 0.25) is 0 Å². The van der Waals surface area contributed by atoms with Gasteiger partial charge in [-0.15, -0.1) is 0 Å². The average Bonchev–Trinajstić information content (AvgIpc) is 3.26. The molecular weight excluding hydrogens is 396 g/mol. The van der Waals surface area contributed by atoms with Gasteiger partial charge in [-0.3, -0.25) is 14.9 Å². The molecule has 156 valence electrons. The van der Waals surface area contributed by atoms with Gasteiger partial charge in [-0.1, -0.05) is 48.9 Å². The van der Waals surface area contributed by atoms with E-state index in [9.17, 15) is 14.9 Å². The third-order valence-corrected chi connectivity index (χ3v) is 5.03. The molecule has 31 heavy (non-hydrogen) atoms. The summed E-state index contributed by atoms with van der Waals surface area (Å²) < 4.78 is 1.36. The second-order valence-electron chi connectivity index (χ2n) is 7.15. The molecule has 1 amide bonds. The van der Waals surface area contributed by atoms with Crippen LogP contribution in [0.25, 0.3) is 17.0 Å². The summed E-state index contributed by atoms with van der Waals surface area (Å²) in [5, 5.41) is 18.3. The van der Waals surface area contributed by atoms with Crippen molar-refractivity contribution in [2.24, 2.45) is 0 Å². The molecule has 1 N–H and O–H groups in total. The van der Waals surface area contributed by atoms with E-state index >= 15 is 0 Å². The summed E-state index contributed by atoms with van der Waals surface area (Å²) >= 11 is 0. The zero-order chi connectivity index (χ0) is 22.0. The van der Waals surface area contributed by atoms with E-state index in [-0.39, 0.29) is 29.1 Å². The number of nitrogens with one attached hydrogen (secondary N) is 1. The van der Waals surface area contributed by atoms with Crippen molar-refractivity contribution in [2.75, 3.05) is 0 Å². The lowest BCUT2D eigenvalue weighted by molar-refractivity contribution is -0.384. The molecule has 2 heterocycles. The Balaban J connectivity index is 1.72. The Morgan fingerprint density at radius 2 is 1.97 bits per heavy atom. The van der Waals surface area contributed by atoms with Crippen molar-refractivity contribution >= 4 is 17.4 Å². The Kier molecular flexibility index (Phi) is 5.40. The molecule has 4 aromatic rings. The van der Waals surface area contributed by atoms with Crippen LogP contribution >= 0.6 is 0 Å². The second kappa shape index (κ2) is 8.31. The van der Waals surface area contributed by atoms with Gasteiger partial charge in [0.05, 0.1) is 16.7 Å². The van der Waals surface area contributed by atoms with Crippen LogP contribution in [0.2, 0.25) is 0 Å². The van der Waals surface area contributed by atoms with Crippen LogP contribution in [0.4, 0.5) is 5.69 Å². The number of nitrogens with zero attached hydrogens (tertiary/aromatic N) is 5. The molecule has 1 atom stereocenters. The van der Waals surface area contributed by atoms with Crippen molar-refractivity contribution in [1.29, 1.82) is 0 Å². The molecule has 0 fully saturated rings. The van der Waals surface area contributed by atoms with Crippen LogP contribution in [-0.2, 0) is 0 Å². The number of rotatable bonds is 6. The standard InChI is InChI=1S/C22H20N6O3/c1-3-18(15-9-7-14(2)8-10-15)25-21(29)20-12-19(26-22-23-13-24-27(20)22)16-5-4-6-17(11-16)28(30)31/h4-13,18H,3H2,1-2H3,(H,25,29). The fourth-order valence-corrected chi connectivity index (χ4v) is 3.35. The Hall–Kier alpha value is -4.14. The SMILES string of the molecule is CCC(NC(=O)c1cc(-c2cccc([N+](=O)[O-])c2)nc2ncnn12)c1ccc(C)cc1. The molecule has 0 aliphatic rings. The fraction of sp³-hybridized carbons (Fsp3) is 0.182. The number of nitro benzene ring substituents is 1. The van der Waals surface area contributed by atoms with Gasteiger partial charge >= 0.3 is 0 Å². The van der Waals surface area contributed by atoms with Gasteiger partial charge < -0.3 is 5.32 Å². The van der Waals surface area contributed by atoms with Crippen molar-refractivity contribution in [2.45, 2.75) is 26.3 Å². The van der Waals surface area contributed by atoms with Crippen molar-refractivity contribution in [3.8, 4) is 11.3 Å². The molecular formula is C22H20N6O3. The number of non-ortho nitro benzene ring substituents is 1. The Labute approximate surface area is 177 Å². The van der Waals surface area contributed by atoms with Gasteiger partial charge in [-0.05, 0) is 25.0 Å². The summed E-state index contributed by atoms with van der Waals surface area (Å²) in [6.07, 6.45) is 2.02. The summed E-state index contributed by atoms with van der Waals surface area (Å²) in [6, 6.07) is 15.5. The number of aryl methyl sites for hydroxylation is 1. The quantitative estimate of drug-likeness (QED) is 0.377. The van der Waals surface area contributed by atoms with Gasteiger partial charge in [0, 0.05) is 17.7 Å². The predicted molar refractivity (Wildman–Crippen MR) is 115 cm³/mol. The Bertz CT molecular complexity index is 1270. The summed E-state index contributed by atoms with van der Waals surface area (Å²) in [5.74, 6) is -0.102. The summed E-state index contributed by atoms with van der Waals surface area (Å²) in [6.45, 7) is 4.01. The number of aromatic nitrogens is 4. The number of hydrogen-bond donors (Lipinski definition) is 1. The highest BCUT2D eigenvalue weighted by molar-refractivity contribution is 5.94. The van der Waals surface area contributed by atoms with E-state index in [0.29, 0.717) is 17.7 Å². The zero-order valence-corrected chi connectivity index (χ0v) is 17.0. The average molecular weight is 416 g/mol. The Morgan fingerprint density at radius 1 is 1.19 bits per heavy atom. The molecule has 0 spiro atoms. The van der Waals surface area contributed by atoms with Crippen molar-refractivity contribution < 1.29 is 9.72 Å². The van der Waals surface area contributed by atoms with Crippen molar-refractivity contribution in [1.82, 2.24) is 24.9 Å². The molecule has 9 nitrogen and oxygen atoms in total. The van der Waals surface area contributed by atoms with E-state index in [1.165, 1.54) is 23.0 Å². The van der Waals surface area contributed by atoms with E-state index in [1.807, 2.05) is 38.1 Å². The van der Waals surface area contributed by atoms with Crippen LogP contribution in [0.5, 0.6) is 0 Å². The number of carbonyl (C=O) groups excluding carboxylic acids is 1. The van der Waals surface area contributed by atoms with Crippen LogP contribution in [0.15, 0.2) is 60.9 Å². The molecule has 0 saturated heterocycles. The first-order valence-electron chi connectivity index (χ1n) is 9.79.